The van der Waals surface area contributed by atoms with Crippen molar-refractivity contribution in [3.63, 3.8) is 0 Å². The Morgan fingerprint density at radius 3 is 2.28 bits per heavy atom. The van der Waals surface area contributed by atoms with Crippen molar-refractivity contribution in [2.75, 3.05) is 10.6 Å². The highest BCUT2D eigenvalue weighted by atomic mass is 127. The average Bonchev–Trinajstić information content (AvgIpc) is 3.25. The number of nitrogens with one attached hydrogen (secondary N) is 2. The molecule has 0 atom stereocenters. The first-order chi connectivity index (χ1) is 13.6. The van der Waals surface area contributed by atoms with Crippen molar-refractivity contribution in [2.45, 2.75) is 27.2 Å². The highest BCUT2D eigenvalue weighted by Crippen LogP contribution is 2.40. The van der Waals surface area contributed by atoms with Crippen molar-refractivity contribution < 1.29 is 19.5 Å². The Hall–Kier alpha value is -1.90. The Bertz CT molecular complexity index is 1100. The van der Waals surface area contributed by atoms with Crippen molar-refractivity contribution in [2.24, 2.45) is 0 Å². The standard InChI is InChI=1S/C17H15IN4O4S3/c1-6-12(28-16(19-6)21-8(3)23)13-9(4-10(27-13)15(25)26)5-11(24)22-17-20-7(2)14(18)29-17/h4H,5H2,1-3H3,(H,25,26)(H,19,21,23)(H,20,22,24). The summed E-state index contributed by atoms with van der Waals surface area (Å²) >= 11 is 5.87. The zero-order valence-electron chi connectivity index (χ0n) is 15.5. The van der Waals surface area contributed by atoms with Crippen LogP contribution in [0.4, 0.5) is 10.3 Å². The van der Waals surface area contributed by atoms with E-state index in [1.54, 1.807) is 6.92 Å². The van der Waals surface area contributed by atoms with E-state index >= 15 is 0 Å². The summed E-state index contributed by atoms with van der Waals surface area (Å²) in [6.07, 6.45) is 0.00112. The minimum Gasteiger partial charge on any atom is -0.477 e. The van der Waals surface area contributed by atoms with Gasteiger partial charge in [0.2, 0.25) is 11.8 Å². The van der Waals surface area contributed by atoms with Gasteiger partial charge in [-0.25, -0.2) is 14.8 Å². The molecule has 0 spiro atoms. The number of carbonyl (C=O) groups is 3. The monoisotopic (exact) mass is 562 g/mol. The molecule has 3 rings (SSSR count). The molecule has 12 heteroatoms. The first-order valence-corrected chi connectivity index (χ1v) is 11.7. The van der Waals surface area contributed by atoms with E-state index in [1.165, 1.54) is 35.7 Å². The van der Waals surface area contributed by atoms with Crippen molar-refractivity contribution >= 4 is 84.6 Å². The van der Waals surface area contributed by atoms with Crippen LogP contribution < -0.4 is 10.6 Å². The molecule has 0 fully saturated rings. The summed E-state index contributed by atoms with van der Waals surface area (Å²) in [4.78, 5) is 45.5. The predicted molar refractivity (Wildman–Crippen MR) is 123 cm³/mol. The van der Waals surface area contributed by atoms with Crippen molar-refractivity contribution in [3.8, 4) is 9.75 Å². The quantitative estimate of drug-likeness (QED) is 0.384. The van der Waals surface area contributed by atoms with Gasteiger partial charge in [-0.3, -0.25) is 9.59 Å². The fourth-order valence-corrected chi connectivity index (χ4v) is 6.14. The summed E-state index contributed by atoms with van der Waals surface area (Å²) in [5.41, 5.74) is 2.10. The number of aromatic nitrogens is 2. The van der Waals surface area contributed by atoms with E-state index in [9.17, 15) is 19.5 Å². The van der Waals surface area contributed by atoms with Crippen molar-refractivity contribution in [3.05, 3.63) is 30.8 Å². The van der Waals surface area contributed by atoms with E-state index in [-0.39, 0.29) is 23.1 Å². The number of carboxylic acids is 1. The van der Waals surface area contributed by atoms with E-state index in [0.29, 0.717) is 26.4 Å². The summed E-state index contributed by atoms with van der Waals surface area (Å²) < 4.78 is 0.994. The van der Waals surface area contributed by atoms with Crippen LogP contribution in [-0.2, 0) is 16.0 Å². The highest BCUT2D eigenvalue weighted by molar-refractivity contribution is 14.1. The largest absolute Gasteiger partial charge is 0.477 e. The second-order valence-corrected chi connectivity index (χ2v) is 10.8. The van der Waals surface area contributed by atoms with Crippen LogP contribution >= 0.6 is 56.6 Å². The Morgan fingerprint density at radius 1 is 1.03 bits per heavy atom. The summed E-state index contributed by atoms with van der Waals surface area (Å²) in [5.74, 6) is -1.58. The summed E-state index contributed by atoms with van der Waals surface area (Å²) in [6.45, 7) is 5.03. The van der Waals surface area contributed by atoms with Crippen molar-refractivity contribution in [1.29, 1.82) is 0 Å². The minimum atomic E-state index is -1.06. The van der Waals surface area contributed by atoms with E-state index in [0.717, 1.165) is 24.8 Å². The third-order valence-corrected chi connectivity index (χ3v) is 8.35. The van der Waals surface area contributed by atoms with Gasteiger partial charge in [0.05, 0.1) is 30.4 Å². The van der Waals surface area contributed by atoms with Crippen LogP contribution in [0.1, 0.15) is 33.5 Å². The van der Waals surface area contributed by atoms with Gasteiger partial charge in [-0.2, -0.15) is 0 Å². The molecular weight excluding hydrogens is 547 g/mol. The van der Waals surface area contributed by atoms with Gasteiger partial charge in [0.1, 0.15) is 4.88 Å². The predicted octanol–water partition coefficient (Wildman–Crippen LogP) is 4.39. The number of aromatic carboxylic acids is 1. The molecule has 3 aromatic rings. The number of thiazole rings is 2. The van der Waals surface area contributed by atoms with Crippen LogP contribution in [0.5, 0.6) is 0 Å². The lowest BCUT2D eigenvalue weighted by molar-refractivity contribution is -0.116. The Morgan fingerprint density at radius 2 is 1.69 bits per heavy atom. The molecule has 0 aliphatic heterocycles. The van der Waals surface area contributed by atoms with Gasteiger partial charge in [0.15, 0.2) is 10.3 Å². The maximum atomic E-state index is 12.5. The Labute approximate surface area is 191 Å². The van der Waals surface area contributed by atoms with Crippen LogP contribution in [0.2, 0.25) is 0 Å². The van der Waals surface area contributed by atoms with Gasteiger partial charge >= 0.3 is 5.97 Å². The zero-order valence-corrected chi connectivity index (χ0v) is 20.1. The number of rotatable bonds is 6. The fourth-order valence-electron chi connectivity index (χ4n) is 2.44. The average molecular weight is 562 g/mol. The molecule has 2 amide bonds. The summed E-state index contributed by atoms with van der Waals surface area (Å²) in [6, 6.07) is 1.51. The molecule has 0 radical (unpaired) electrons. The molecule has 0 aromatic carbocycles. The van der Waals surface area contributed by atoms with E-state index in [1.807, 2.05) is 6.92 Å². The van der Waals surface area contributed by atoms with Gasteiger partial charge in [-0.05, 0) is 48.1 Å². The van der Waals surface area contributed by atoms with Gasteiger partial charge in [0.25, 0.3) is 0 Å². The molecule has 0 bridgehead atoms. The molecule has 0 unspecified atom stereocenters. The molecule has 0 aliphatic rings. The molecule has 8 nitrogen and oxygen atoms in total. The number of hydrogen-bond acceptors (Lipinski definition) is 8. The molecule has 152 valence electrons. The van der Waals surface area contributed by atoms with Gasteiger partial charge in [-0.15, -0.1) is 11.3 Å². The van der Waals surface area contributed by atoms with Gasteiger partial charge < -0.3 is 15.7 Å². The lowest BCUT2D eigenvalue weighted by Crippen LogP contribution is -2.14. The Kier molecular flexibility index (Phi) is 6.65. The summed E-state index contributed by atoms with van der Waals surface area (Å²) in [7, 11) is 0. The van der Waals surface area contributed by atoms with Crippen LogP contribution in [0.15, 0.2) is 6.07 Å². The number of carboxylic acid groups (broad SMARTS) is 1. The van der Waals surface area contributed by atoms with E-state index < -0.39 is 5.97 Å². The molecule has 3 aromatic heterocycles. The maximum Gasteiger partial charge on any atom is 0.345 e. The van der Waals surface area contributed by atoms with E-state index in [2.05, 4.69) is 43.2 Å². The number of nitrogens with zero attached hydrogens (tertiary/aromatic N) is 2. The molecule has 0 aliphatic carbocycles. The number of anilines is 2. The molecule has 0 saturated heterocycles. The number of thiophene rings is 1. The third-order valence-electron chi connectivity index (χ3n) is 3.64. The zero-order chi connectivity index (χ0) is 21.3. The van der Waals surface area contributed by atoms with Gasteiger partial charge in [-0.1, -0.05) is 22.7 Å². The smallest absolute Gasteiger partial charge is 0.345 e. The lowest BCUT2D eigenvalue weighted by Gasteiger charge is -2.03. The minimum absolute atomic E-state index is 0.00112. The van der Waals surface area contributed by atoms with Gasteiger partial charge in [0, 0.05) is 6.92 Å². The van der Waals surface area contributed by atoms with Crippen LogP contribution in [-0.4, -0.2) is 32.9 Å². The third kappa shape index (κ3) is 5.18. The number of amides is 2. The SMILES string of the molecule is CC(=O)Nc1nc(C)c(-c2sc(C(=O)O)cc2CC(=O)Nc2nc(C)c(I)s2)s1. The molecule has 0 saturated carbocycles. The molecule has 3 N–H and O–H groups in total. The lowest BCUT2D eigenvalue weighted by atomic mass is 10.1. The highest BCUT2D eigenvalue weighted by Gasteiger charge is 2.22. The molecule has 29 heavy (non-hydrogen) atoms. The summed E-state index contributed by atoms with van der Waals surface area (Å²) in [5, 5.41) is 15.7. The second kappa shape index (κ2) is 8.85. The normalized spacial score (nSPS) is 10.8. The maximum absolute atomic E-state index is 12.5. The van der Waals surface area contributed by atoms with Crippen LogP contribution in [0.25, 0.3) is 9.75 Å². The first-order valence-electron chi connectivity index (χ1n) is 8.18. The van der Waals surface area contributed by atoms with Crippen molar-refractivity contribution in [1.82, 2.24) is 9.97 Å². The molecular formula is C17H15IN4O4S3. The fraction of sp³-hybridized carbons (Fsp3) is 0.235. The Balaban J connectivity index is 1.90. The first kappa shape index (κ1) is 21.8. The number of halogens is 1. The van der Waals surface area contributed by atoms with Crippen LogP contribution in [0.3, 0.4) is 0 Å². The number of aryl methyl sites for hydroxylation is 2. The number of hydrogen-bond donors (Lipinski definition) is 3. The molecule has 3 heterocycles. The van der Waals surface area contributed by atoms with E-state index in [4.69, 9.17) is 0 Å². The number of carbonyl (C=O) groups excluding carboxylic acids is 2. The van der Waals surface area contributed by atoms with Crippen LogP contribution in [0, 0.1) is 16.7 Å². The topological polar surface area (TPSA) is 121 Å². The second-order valence-electron chi connectivity index (χ2n) is 5.99.